The fraction of sp³-hybridized carbons (Fsp3) is 0.385. The van der Waals surface area contributed by atoms with Crippen LogP contribution in [0.4, 0.5) is 5.69 Å². The molecule has 1 rings (SSSR count). The molecule has 7 heteroatoms. The Labute approximate surface area is 133 Å². The van der Waals surface area contributed by atoms with Crippen LogP contribution in [0.5, 0.6) is 0 Å². The fourth-order valence-corrected chi connectivity index (χ4v) is 1.86. The normalized spacial score (nSPS) is 9.50. The zero-order valence-electron chi connectivity index (χ0n) is 11.2. The molecular formula is C13H19BrClN3O2. The van der Waals surface area contributed by atoms with Crippen molar-refractivity contribution >= 4 is 45.8 Å². The quantitative estimate of drug-likeness (QED) is 0.676. The predicted octanol–water partition coefficient (Wildman–Crippen LogP) is 2.10. The molecular weight excluding hydrogens is 346 g/mol. The summed E-state index contributed by atoms with van der Waals surface area (Å²) in [5.41, 5.74) is 6.57. The van der Waals surface area contributed by atoms with E-state index >= 15 is 0 Å². The summed E-state index contributed by atoms with van der Waals surface area (Å²) in [6, 6.07) is 5.06. The molecule has 0 bridgehead atoms. The maximum absolute atomic E-state index is 11.8. The molecule has 0 spiro atoms. The van der Waals surface area contributed by atoms with Gasteiger partial charge in [-0.2, -0.15) is 0 Å². The molecule has 0 fully saturated rings. The zero-order valence-corrected chi connectivity index (χ0v) is 13.6. The molecule has 1 aromatic rings. The molecule has 0 atom stereocenters. The van der Waals surface area contributed by atoms with E-state index in [0.717, 1.165) is 10.9 Å². The van der Waals surface area contributed by atoms with Crippen LogP contribution >= 0.6 is 28.3 Å². The number of halogens is 2. The second kappa shape index (κ2) is 9.61. The molecule has 0 aliphatic rings. The molecule has 0 saturated carbocycles. The summed E-state index contributed by atoms with van der Waals surface area (Å²) in [5, 5.41) is 5.42. The van der Waals surface area contributed by atoms with E-state index in [2.05, 4.69) is 26.6 Å². The topological polar surface area (TPSA) is 84.2 Å². The second-order valence-corrected chi connectivity index (χ2v) is 5.00. The molecule has 0 unspecified atom stereocenters. The first-order valence-corrected chi connectivity index (χ1v) is 6.93. The van der Waals surface area contributed by atoms with Crippen LogP contribution in [0.15, 0.2) is 22.7 Å². The van der Waals surface area contributed by atoms with Gasteiger partial charge in [-0.25, -0.2) is 0 Å². The Morgan fingerprint density at radius 2 is 1.95 bits per heavy atom. The number of hydrogen-bond donors (Lipinski definition) is 3. The predicted molar refractivity (Wildman–Crippen MR) is 86.1 cm³/mol. The summed E-state index contributed by atoms with van der Waals surface area (Å²) in [6.07, 6.45) is 1.16. The molecule has 0 aliphatic carbocycles. The number of amides is 2. The van der Waals surface area contributed by atoms with Crippen molar-refractivity contribution in [3.8, 4) is 0 Å². The Morgan fingerprint density at radius 3 is 2.55 bits per heavy atom. The third-order valence-corrected chi connectivity index (χ3v) is 2.96. The van der Waals surface area contributed by atoms with Gasteiger partial charge >= 0.3 is 0 Å². The van der Waals surface area contributed by atoms with Crippen LogP contribution < -0.4 is 16.4 Å². The van der Waals surface area contributed by atoms with E-state index in [1.165, 1.54) is 0 Å². The van der Waals surface area contributed by atoms with Crippen molar-refractivity contribution in [3.05, 3.63) is 28.2 Å². The van der Waals surface area contributed by atoms with Gasteiger partial charge in [0.15, 0.2) is 0 Å². The summed E-state index contributed by atoms with van der Waals surface area (Å²) in [7, 11) is 0. The monoisotopic (exact) mass is 363 g/mol. The minimum absolute atomic E-state index is 0. The van der Waals surface area contributed by atoms with Gasteiger partial charge in [0.2, 0.25) is 5.91 Å². The third kappa shape index (κ3) is 6.25. The van der Waals surface area contributed by atoms with Crippen molar-refractivity contribution in [1.82, 2.24) is 10.6 Å². The van der Waals surface area contributed by atoms with E-state index in [4.69, 9.17) is 5.73 Å². The Kier molecular flexibility index (Phi) is 9.00. The maximum atomic E-state index is 11.8. The molecule has 0 saturated heterocycles. The molecule has 20 heavy (non-hydrogen) atoms. The van der Waals surface area contributed by atoms with Gasteiger partial charge in [0.05, 0.1) is 5.56 Å². The molecule has 5 nitrogen and oxygen atoms in total. The number of hydrogen-bond acceptors (Lipinski definition) is 3. The van der Waals surface area contributed by atoms with Gasteiger partial charge in [-0.15, -0.1) is 12.4 Å². The highest BCUT2D eigenvalue weighted by atomic mass is 79.9. The molecule has 0 radical (unpaired) electrons. The Bertz CT molecular complexity index is 469. The van der Waals surface area contributed by atoms with E-state index in [9.17, 15) is 9.59 Å². The largest absolute Gasteiger partial charge is 0.398 e. The average Bonchev–Trinajstić information content (AvgIpc) is 2.36. The summed E-state index contributed by atoms with van der Waals surface area (Å²) >= 11 is 3.28. The summed E-state index contributed by atoms with van der Waals surface area (Å²) < 4.78 is 0.820. The van der Waals surface area contributed by atoms with Gasteiger partial charge < -0.3 is 16.4 Å². The Hall–Kier alpha value is -1.27. The number of rotatable bonds is 6. The van der Waals surface area contributed by atoms with Crippen molar-refractivity contribution in [3.63, 3.8) is 0 Å². The lowest BCUT2D eigenvalue weighted by molar-refractivity contribution is -0.120. The minimum atomic E-state index is -0.270. The van der Waals surface area contributed by atoms with E-state index < -0.39 is 0 Å². The van der Waals surface area contributed by atoms with Crippen LogP contribution in [0.1, 0.15) is 30.1 Å². The summed E-state index contributed by atoms with van der Waals surface area (Å²) in [5.74, 6) is -0.334. The lowest BCUT2D eigenvalue weighted by Gasteiger charge is -2.08. The molecule has 0 aromatic heterocycles. The smallest absolute Gasteiger partial charge is 0.253 e. The van der Waals surface area contributed by atoms with Gasteiger partial charge in [-0.1, -0.05) is 22.9 Å². The first kappa shape index (κ1) is 18.7. The van der Waals surface area contributed by atoms with Crippen LogP contribution in [0.25, 0.3) is 0 Å². The van der Waals surface area contributed by atoms with Crippen LogP contribution in [-0.4, -0.2) is 24.9 Å². The standard InChI is InChI=1S/C13H18BrN3O2.ClH/c1-2-6-16-12(18)5-7-17-13(19)10-4-3-9(14)8-11(10)15;/h3-4,8H,2,5-7,15H2,1H3,(H,16,18)(H,17,19);1H. The van der Waals surface area contributed by atoms with Gasteiger partial charge in [0.25, 0.3) is 5.91 Å². The van der Waals surface area contributed by atoms with Crippen molar-refractivity contribution in [1.29, 1.82) is 0 Å². The van der Waals surface area contributed by atoms with Crippen LogP contribution in [0, 0.1) is 0 Å². The van der Waals surface area contributed by atoms with Gasteiger partial charge in [-0.3, -0.25) is 9.59 Å². The average molecular weight is 365 g/mol. The molecule has 4 N–H and O–H groups in total. The second-order valence-electron chi connectivity index (χ2n) is 4.09. The van der Waals surface area contributed by atoms with Crippen molar-refractivity contribution in [2.45, 2.75) is 19.8 Å². The van der Waals surface area contributed by atoms with Crippen LogP contribution in [-0.2, 0) is 4.79 Å². The van der Waals surface area contributed by atoms with Crippen molar-refractivity contribution in [2.75, 3.05) is 18.8 Å². The van der Waals surface area contributed by atoms with E-state index in [-0.39, 0.29) is 30.6 Å². The number of anilines is 1. The molecule has 0 heterocycles. The molecule has 112 valence electrons. The highest BCUT2D eigenvalue weighted by Gasteiger charge is 2.10. The van der Waals surface area contributed by atoms with Crippen LogP contribution in [0.2, 0.25) is 0 Å². The SMILES string of the molecule is CCCNC(=O)CCNC(=O)c1ccc(Br)cc1N.Cl. The van der Waals surface area contributed by atoms with Gasteiger partial charge in [-0.05, 0) is 24.6 Å². The number of nitrogen functional groups attached to an aromatic ring is 1. The lowest BCUT2D eigenvalue weighted by atomic mass is 10.1. The Morgan fingerprint density at radius 1 is 1.25 bits per heavy atom. The number of benzene rings is 1. The van der Waals surface area contributed by atoms with Crippen molar-refractivity contribution in [2.24, 2.45) is 0 Å². The number of nitrogens with one attached hydrogen (secondary N) is 2. The highest BCUT2D eigenvalue weighted by molar-refractivity contribution is 9.10. The summed E-state index contributed by atoms with van der Waals surface area (Å²) in [6.45, 7) is 2.94. The van der Waals surface area contributed by atoms with Gasteiger partial charge in [0, 0.05) is 29.7 Å². The first-order valence-electron chi connectivity index (χ1n) is 6.14. The lowest BCUT2D eigenvalue weighted by Crippen LogP contribution is -2.31. The molecule has 0 aliphatic heterocycles. The Balaban J connectivity index is 0.00000361. The number of carbonyl (C=O) groups is 2. The highest BCUT2D eigenvalue weighted by Crippen LogP contribution is 2.18. The minimum Gasteiger partial charge on any atom is -0.398 e. The van der Waals surface area contributed by atoms with Crippen LogP contribution in [0.3, 0.4) is 0 Å². The maximum Gasteiger partial charge on any atom is 0.253 e. The van der Waals surface area contributed by atoms with E-state index in [1.807, 2.05) is 6.92 Å². The number of nitrogens with two attached hydrogens (primary N) is 1. The molecule has 1 aromatic carbocycles. The van der Waals surface area contributed by atoms with E-state index in [1.54, 1.807) is 18.2 Å². The zero-order chi connectivity index (χ0) is 14.3. The van der Waals surface area contributed by atoms with Crippen molar-refractivity contribution < 1.29 is 9.59 Å². The fourth-order valence-electron chi connectivity index (χ4n) is 1.48. The van der Waals surface area contributed by atoms with E-state index in [0.29, 0.717) is 24.3 Å². The number of carbonyl (C=O) groups excluding carboxylic acids is 2. The first-order chi connectivity index (χ1) is 9.04. The molecule has 2 amide bonds. The summed E-state index contributed by atoms with van der Waals surface area (Å²) in [4.78, 5) is 23.2. The van der Waals surface area contributed by atoms with Gasteiger partial charge in [0.1, 0.15) is 0 Å². The third-order valence-electron chi connectivity index (χ3n) is 2.47.